The third-order valence-electron chi connectivity index (χ3n) is 5.80. The molecule has 2 aromatic carbocycles. The highest BCUT2D eigenvalue weighted by atomic mass is 35.5. The predicted octanol–water partition coefficient (Wildman–Crippen LogP) is 4.98. The lowest BCUT2D eigenvalue weighted by Gasteiger charge is -2.31. The van der Waals surface area contributed by atoms with Gasteiger partial charge in [0.05, 0.1) is 21.8 Å². The van der Waals surface area contributed by atoms with Gasteiger partial charge in [-0.2, -0.15) is 0 Å². The van der Waals surface area contributed by atoms with Crippen LogP contribution in [0.5, 0.6) is 0 Å². The summed E-state index contributed by atoms with van der Waals surface area (Å²) in [4.78, 5) is 12.7. The third kappa shape index (κ3) is 6.22. The van der Waals surface area contributed by atoms with E-state index in [4.69, 9.17) is 23.2 Å². The number of hydrogen-bond donors (Lipinski definition) is 1. The van der Waals surface area contributed by atoms with Gasteiger partial charge < -0.3 is 5.32 Å². The van der Waals surface area contributed by atoms with Crippen molar-refractivity contribution >= 4 is 39.1 Å². The van der Waals surface area contributed by atoms with Gasteiger partial charge in [-0.1, -0.05) is 60.5 Å². The molecule has 1 heterocycles. The number of carbonyl (C=O) groups excluding carboxylic acids is 1. The largest absolute Gasteiger partial charge is 0.349 e. The second-order valence-corrected chi connectivity index (χ2v) is 10.8. The van der Waals surface area contributed by atoms with E-state index in [1.165, 1.54) is 9.87 Å². The number of benzene rings is 2. The first-order valence-corrected chi connectivity index (χ1v) is 12.9. The van der Waals surface area contributed by atoms with Crippen molar-refractivity contribution in [2.75, 3.05) is 13.1 Å². The summed E-state index contributed by atoms with van der Waals surface area (Å²) in [5.41, 5.74) is 2.92. The van der Waals surface area contributed by atoms with Gasteiger partial charge in [0.1, 0.15) is 0 Å². The van der Waals surface area contributed by atoms with Crippen molar-refractivity contribution in [2.45, 2.75) is 44.9 Å². The summed E-state index contributed by atoms with van der Waals surface area (Å²) < 4.78 is 27.0. The molecule has 31 heavy (non-hydrogen) atoms. The number of rotatable bonds is 7. The fraction of sp³-hybridized carbons (Fsp3) is 0.435. The van der Waals surface area contributed by atoms with Gasteiger partial charge in [0.15, 0.2) is 0 Å². The maximum absolute atomic E-state index is 12.8. The zero-order valence-electron chi connectivity index (χ0n) is 17.8. The topological polar surface area (TPSA) is 66.5 Å². The van der Waals surface area contributed by atoms with E-state index >= 15 is 0 Å². The predicted molar refractivity (Wildman–Crippen MR) is 126 cm³/mol. The lowest BCUT2D eigenvalue weighted by molar-refractivity contribution is -0.126. The van der Waals surface area contributed by atoms with E-state index in [0.29, 0.717) is 41.5 Å². The Hall–Kier alpha value is -1.60. The maximum Gasteiger partial charge on any atom is 0.223 e. The summed E-state index contributed by atoms with van der Waals surface area (Å²) in [6, 6.07) is 13.0. The molecule has 168 valence electrons. The molecule has 0 spiro atoms. The number of carbonyl (C=O) groups is 1. The zero-order chi connectivity index (χ0) is 22.6. The molecule has 1 N–H and O–H groups in total. The smallest absolute Gasteiger partial charge is 0.223 e. The van der Waals surface area contributed by atoms with Crippen molar-refractivity contribution in [1.29, 1.82) is 0 Å². The Labute approximate surface area is 194 Å². The molecule has 0 radical (unpaired) electrons. The van der Waals surface area contributed by atoms with Crippen LogP contribution in [0.1, 0.15) is 49.4 Å². The molecule has 1 amide bonds. The van der Waals surface area contributed by atoms with Crippen LogP contribution in [0.15, 0.2) is 42.5 Å². The summed E-state index contributed by atoms with van der Waals surface area (Å²) in [6.07, 6.45) is 2.00. The van der Waals surface area contributed by atoms with Gasteiger partial charge in [0.25, 0.3) is 0 Å². The first-order valence-electron chi connectivity index (χ1n) is 10.5. The van der Waals surface area contributed by atoms with Crippen LogP contribution in [-0.4, -0.2) is 31.7 Å². The van der Waals surface area contributed by atoms with E-state index < -0.39 is 10.0 Å². The minimum absolute atomic E-state index is 0.0198. The molecule has 1 aliphatic rings. The van der Waals surface area contributed by atoms with E-state index in [0.717, 1.165) is 12.0 Å². The van der Waals surface area contributed by atoms with E-state index in [1.54, 1.807) is 18.2 Å². The Morgan fingerprint density at radius 1 is 1.06 bits per heavy atom. The normalized spacial score (nSPS) is 16.8. The Morgan fingerprint density at radius 2 is 1.68 bits per heavy atom. The number of hydrogen-bond acceptors (Lipinski definition) is 3. The van der Waals surface area contributed by atoms with Crippen LogP contribution < -0.4 is 5.32 Å². The van der Waals surface area contributed by atoms with Gasteiger partial charge in [0.2, 0.25) is 15.9 Å². The van der Waals surface area contributed by atoms with Crippen molar-refractivity contribution in [3.63, 3.8) is 0 Å². The monoisotopic (exact) mass is 482 g/mol. The molecule has 3 rings (SSSR count). The van der Waals surface area contributed by atoms with E-state index in [2.05, 4.69) is 24.4 Å². The average molecular weight is 483 g/mol. The standard InChI is InChI=1S/C23H28Cl2N2O3S/c1-3-17-4-7-19(8-5-17)16(2)26-23(28)20-10-12-27(13-11-20)31(29,30)15-18-6-9-21(24)22(25)14-18/h4-9,14,16,20H,3,10-13,15H2,1-2H3,(H,26,28)/t16-/m1/s1. The van der Waals surface area contributed by atoms with Crippen molar-refractivity contribution < 1.29 is 13.2 Å². The molecule has 2 aromatic rings. The zero-order valence-corrected chi connectivity index (χ0v) is 20.1. The molecule has 0 unspecified atom stereocenters. The molecule has 1 fully saturated rings. The first kappa shape index (κ1) is 24.1. The van der Waals surface area contributed by atoms with Crippen LogP contribution in [0.4, 0.5) is 0 Å². The molecule has 8 heteroatoms. The molecule has 0 bridgehead atoms. The van der Waals surface area contributed by atoms with Crippen molar-refractivity contribution in [2.24, 2.45) is 5.92 Å². The number of piperidine rings is 1. The number of amides is 1. The summed E-state index contributed by atoms with van der Waals surface area (Å²) >= 11 is 11.9. The fourth-order valence-electron chi connectivity index (χ4n) is 3.78. The van der Waals surface area contributed by atoms with E-state index in [-0.39, 0.29) is 23.6 Å². The van der Waals surface area contributed by atoms with Crippen LogP contribution in [-0.2, 0) is 27.0 Å². The van der Waals surface area contributed by atoms with Crippen LogP contribution in [0.2, 0.25) is 10.0 Å². The number of nitrogens with zero attached hydrogens (tertiary/aromatic N) is 1. The molecule has 5 nitrogen and oxygen atoms in total. The van der Waals surface area contributed by atoms with Gasteiger partial charge in [-0.05, 0) is 55.0 Å². The molecule has 0 aromatic heterocycles. The summed E-state index contributed by atoms with van der Waals surface area (Å²) in [5, 5.41) is 3.80. The molecule has 0 aliphatic carbocycles. The molecular formula is C23H28Cl2N2O3S. The first-order chi connectivity index (χ1) is 14.7. The van der Waals surface area contributed by atoms with Crippen LogP contribution in [0, 0.1) is 5.92 Å². The lowest BCUT2D eigenvalue weighted by atomic mass is 9.96. The highest BCUT2D eigenvalue weighted by Gasteiger charge is 2.31. The summed E-state index contributed by atoms with van der Waals surface area (Å²) in [6.45, 7) is 4.75. The van der Waals surface area contributed by atoms with Gasteiger partial charge in [0, 0.05) is 19.0 Å². The molecule has 0 saturated carbocycles. The Balaban J connectivity index is 1.53. The number of sulfonamides is 1. The van der Waals surface area contributed by atoms with Gasteiger partial charge in [-0.15, -0.1) is 0 Å². The van der Waals surface area contributed by atoms with Crippen LogP contribution in [0.25, 0.3) is 0 Å². The highest BCUT2D eigenvalue weighted by Crippen LogP contribution is 2.26. The average Bonchev–Trinajstić information content (AvgIpc) is 2.76. The fourth-order valence-corrected chi connectivity index (χ4v) is 5.66. The Bertz CT molecular complexity index is 1020. The van der Waals surface area contributed by atoms with E-state index in [1.807, 2.05) is 19.1 Å². The maximum atomic E-state index is 12.8. The minimum atomic E-state index is -3.49. The van der Waals surface area contributed by atoms with E-state index in [9.17, 15) is 13.2 Å². The highest BCUT2D eigenvalue weighted by molar-refractivity contribution is 7.88. The number of halogens is 2. The number of nitrogens with one attached hydrogen (secondary N) is 1. The Morgan fingerprint density at radius 3 is 2.26 bits per heavy atom. The molecule has 1 aliphatic heterocycles. The van der Waals surface area contributed by atoms with Crippen LogP contribution in [0.3, 0.4) is 0 Å². The molecular weight excluding hydrogens is 455 g/mol. The second kappa shape index (κ2) is 10.3. The lowest BCUT2D eigenvalue weighted by Crippen LogP contribution is -2.43. The van der Waals surface area contributed by atoms with Crippen molar-refractivity contribution in [3.05, 3.63) is 69.2 Å². The van der Waals surface area contributed by atoms with Gasteiger partial charge in [-0.3, -0.25) is 4.79 Å². The van der Waals surface area contributed by atoms with Crippen molar-refractivity contribution in [1.82, 2.24) is 9.62 Å². The quantitative estimate of drug-likeness (QED) is 0.605. The minimum Gasteiger partial charge on any atom is -0.349 e. The molecule has 1 atom stereocenters. The number of aryl methyl sites for hydroxylation is 1. The Kier molecular flexibility index (Phi) is 8.03. The SMILES string of the molecule is CCc1ccc([C@@H](C)NC(=O)C2CCN(S(=O)(=O)Cc3ccc(Cl)c(Cl)c3)CC2)cc1. The van der Waals surface area contributed by atoms with Gasteiger partial charge in [-0.25, -0.2) is 12.7 Å². The van der Waals surface area contributed by atoms with Gasteiger partial charge >= 0.3 is 0 Å². The third-order valence-corrected chi connectivity index (χ3v) is 8.39. The van der Waals surface area contributed by atoms with Crippen molar-refractivity contribution in [3.8, 4) is 0 Å². The summed E-state index contributed by atoms with van der Waals surface area (Å²) in [7, 11) is -3.49. The molecule has 1 saturated heterocycles. The second-order valence-electron chi connectivity index (χ2n) is 8.00. The summed E-state index contributed by atoms with van der Waals surface area (Å²) in [5.74, 6) is -0.340. The van der Waals surface area contributed by atoms with Crippen LogP contribution >= 0.6 is 23.2 Å².